The van der Waals surface area contributed by atoms with Gasteiger partial charge in [-0.1, -0.05) is 63.9 Å². The van der Waals surface area contributed by atoms with Crippen molar-refractivity contribution in [2.24, 2.45) is 17.8 Å². The maximum absolute atomic E-state index is 14.6. The molecular formula is C28H35FO. The second-order valence-corrected chi connectivity index (χ2v) is 8.90. The van der Waals surface area contributed by atoms with Crippen molar-refractivity contribution in [2.75, 3.05) is 7.11 Å². The van der Waals surface area contributed by atoms with Gasteiger partial charge >= 0.3 is 0 Å². The van der Waals surface area contributed by atoms with E-state index in [1.807, 2.05) is 36.4 Å². The third kappa shape index (κ3) is 6.36. The summed E-state index contributed by atoms with van der Waals surface area (Å²) in [6.07, 6.45) is 10.5. The fourth-order valence-electron chi connectivity index (χ4n) is 4.68. The van der Waals surface area contributed by atoms with Crippen LogP contribution in [0, 0.1) is 35.4 Å². The van der Waals surface area contributed by atoms with Gasteiger partial charge in [-0.3, -0.25) is 0 Å². The van der Waals surface area contributed by atoms with Crippen molar-refractivity contribution in [1.29, 1.82) is 0 Å². The third-order valence-corrected chi connectivity index (χ3v) is 6.68. The van der Waals surface area contributed by atoms with E-state index in [-0.39, 0.29) is 5.82 Å². The van der Waals surface area contributed by atoms with Crippen LogP contribution in [0.4, 0.5) is 4.39 Å². The van der Waals surface area contributed by atoms with E-state index >= 15 is 0 Å². The molecule has 30 heavy (non-hydrogen) atoms. The van der Waals surface area contributed by atoms with E-state index in [4.69, 9.17) is 4.74 Å². The van der Waals surface area contributed by atoms with E-state index < -0.39 is 0 Å². The Bertz CT molecular complexity index is 850. The highest BCUT2D eigenvalue weighted by atomic mass is 19.1. The number of ether oxygens (including phenoxy) is 1. The first kappa shape index (κ1) is 22.4. The predicted octanol–water partition coefficient (Wildman–Crippen LogP) is 7.41. The fraction of sp³-hybridized carbons (Fsp3) is 0.500. The van der Waals surface area contributed by atoms with Crippen LogP contribution in [0.2, 0.25) is 0 Å². The summed E-state index contributed by atoms with van der Waals surface area (Å²) >= 11 is 0. The van der Waals surface area contributed by atoms with Crippen LogP contribution in [0.1, 0.15) is 75.5 Å². The predicted molar refractivity (Wildman–Crippen MR) is 123 cm³/mol. The molecule has 1 nitrogen and oxygen atoms in total. The van der Waals surface area contributed by atoms with Gasteiger partial charge in [0.1, 0.15) is 11.6 Å². The lowest BCUT2D eigenvalue weighted by Gasteiger charge is -2.32. The molecule has 0 heterocycles. The molecule has 2 aromatic carbocycles. The van der Waals surface area contributed by atoms with Crippen molar-refractivity contribution in [1.82, 2.24) is 0 Å². The van der Waals surface area contributed by atoms with Crippen LogP contribution in [-0.4, -0.2) is 7.11 Å². The molecule has 1 aliphatic rings. The summed E-state index contributed by atoms with van der Waals surface area (Å²) in [6.45, 7) is 4.62. The number of unbranched alkanes of at least 4 members (excludes halogenated alkanes) is 1. The van der Waals surface area contributed by atoms with Gasteiger partial charge in [-0.25, -0.2) is 4.39 Å². The first-order valence-electron chi connectivity index (χ1n) is 11.5. The van der Waals surface area contributed by atoms with E-state index in [1.54, 1.807) is 13.2 Å². The van der Waals surface area contributed by atoms with Crippen LogP contribution in [0.5, 0.6) is 5.75 Å². The minimum absolute atomic E-state index is 0.219. The summed E-state index contributed by atoms with van der Waals surface area (Å²) in [6, 6.07) is 13.1. The number of methoxy groups -OCH3 is 1. The zero-order valence-corrected chi connectivity index (χ0v) is 18.7. The first-order chi connectivity index (χ1) is 14.6. The molecule has 0 N–H and O–H groups in total. The Labute approximate surface area is 182 Å². The topological polar surface area (TPSA) is 9.23 Å². The zero-order valence-electron chi connectivity index (χ0n) is 18.7. The van der Waals surface area contributed by atoms with Crippen LogP contribution in [0.3, 0.4) is 0 Å². The second-order valence-electron chi connectivity index (χ2n) is 8.90. The van der Waals surface area contributed by atoms with Crippen LogP contribution >= 0.6 is 0 Å². The molecule has 2 aromatic rings. The van der Waals surface area contributed by atoms with E-state index in [9.17, 15) is 4.39 Å². The number of hydrogen-bond acceptors (Lipinski definition) is 1. The molecule has 1 atom stereocenters. The molecule has 0 aliphatic heterocycles. The Hall–Kier alpha value is -2.27. The summed E-state index contributed by atoms with van der Waals surface area (Å²) in [5, 5.41) is 0. The molecule has 0 saturated heterocycles. The number of rotatable bonds is 7. The molecule has 3 rings (SSSR count). The summed E-state index contributed by atoms with van der Waals surface area (Å²) in [5.74, 6) is 8.90. The molecule has 1 saturated carbocycles. The molecular weight excluding hydrogens is 371 g/mol. The first-order valence-corrected chi connectivity index (χ1v) is 11.5. The average molecular weight is 407 g/mol. The minimum atomic E-state index is -0.219. The Morgan fingerprint density at radius 1 is 1.03 bits per heavy atom. The quantitative estimate of drug-likeness (QED) is 0.435. The molecule has 1 aliphatic carbocycles. The van der Waals surface area contributed by atoms with Gasteiger partial charge in [-0.15, -0.1) is 0 Å². The minimum Gasteiger partial charge on any atom is -0.497 e. The van der Waals surface area contributed by atoms with Gasteiger partial charge in [-0.2, -0.15) is 0 Å². The van der Waals surface area contributed by atoms with Crippen molar-refractivity contribution in [3.8, 4) is 17.6 Å². The maximum Gasteiger partial charge on any atom is 0.139 e. The molecule has 160 valence electrons. The molecule has 1 fully saturated rings. The lowest BCUT2D eigenvalue weighted by Crippen LogP contribution is -2.21. The molecule has 0 bridgehead atoms. The smallest absolute Gasteiger partial charge is 0.139 e. The fourth-order valence-corrected chi connectivity index (χ4v) is 4.68. The Morgan fingerprint density at radius 3 is 2.40 bits per heavy atom. The number of halogens is 1. The molecule has 1 unspecified atom stereocenters. The zero-order chi connectivity index (χ0) is 21.3. The van der Waals surface area contributed by atoms with Crippen molar-refractivity contribution < 1.29 is 9.13 Å². The van der Waals surface area contributed by atoms with Crippen LogP contribution in [0.15, 0.2) is 42.5 Å². The van der Waals surface area contributed by atoms with E-state index in [0.29, 0.717) is 11.5 Å². The number of benzene rings is 2. The summed E-state index contributed by atoms with van der Waals surface area (Å²) in [4.78, 5) is 0. The van der Waals surface area contributed by atoms with Gasteiger partial charge < -0.3 is 4.74 Å². The Morgan fingerprint density at radius 2 is 1.77 bits per heavy atom. The highest BCUT2D eigenvalue weighted by molar-refractivity contribution is 5.45. The van der Waals surface area contributed by atoms with Crippen LogP contribution in [0.25, 0.3) is 0 Å². The monoisotopic (exact) mass is 406 g/mol. The largest absolute Gasteiger partial charge is 0.497 e. The van der Waals surface area contributed by atoms with E-state index in [1.165, 1.54) is 44.9 Å². The highest BCUT2D eigenvalue weighted by Gasteiger charge is 2.25. The summed E-state index contributed by atoms with van der Waals surface area (Å²) in [7, 11) is 1.64. The lowest BCUT2D eigenvalue weighted by atomic mass is 9.73. The molecule has 0 radical (unpaired) electrons. The molecule has 0 spiro atoms. The average Bonchev–Trinajstić information content (AvgIpc) is 2.78. The highest BCUT2D eigenvalue weighted by Crippen LogP contribution is 2.36. The van der Waals surface area contributed by atoms with Gasteiger partial charge in [0.2, 0.25) is 0 Å². The van der Waals surface area contributed by atoms with Crippen molar-refractivity contribution in [2.45, 2.75) is 65.2 Å². The summed E-state index contributed by atoms with van der Waals surface area (Å²) in [5.41, 5.74) is 2.39. The summed E-state index contributed by atoms with van der Waals surface area (Å²) < 4.78 is 19.8. The normalized spacial score (nSPS) is 19.6. The van der Waals surface area contributed by atoms with Gasteiger partial charge in [0.25, 0.3) is 0 Å². The van der Waals surface area contributed by atoms with Gasteiger partial charge in [0.05, 0.1) is 12.7 Å². The second kappa shape index (κ2) is 11.2. The third-order valence-electron chi connectivity index (χ3n) is 6.68. The van der Waals surface area contributed by atoms with Crippen molar-refractivity contribution >= 4 is 0 Å². The standard InChI is InChI=1S/C28H35FO/c1-4-5-6-22-7-13-25(14-8-22)21(2)19-24-10-16-26(28(29)20-24)15-9-23-11-17-27(30-3)18-12-23/h10-12,16-18,20-22,25H,4-8,13-14,19H2,1-3H3. The maximum atomic E-state index is 14.6. The van der Waals surface area contributed by atoms with Gasteiger partial charge in [0, 0.05) is 5.56 Å². The molecule has 0 aromatic heterocycles. The molecule has 0 amide bonds. The van der Waals surface area contributed by atoms with Gasteiger partial charge in [-0.05, 0) is 79.0 Å². The number of hydrogen-bond donors (Lipinski definition) is 0. The van der Waals surface area contributed by atoms with Gasteiger partial charge in [0.15, 0.2) is 0 Å². The SMILES string of the molecule is CCCCC1CCC(C(C)Cc2ccc(C#Cc3ccc(OC)cc3)c(F)c2)CC1. The van der Waals surface area contributed by atoms with Crippen LogP contribution < -0.4 is 4.74 Å². The van der Waals surface area contributed by atoms with E-state index in [0.717, 1.165) is 35.1 Å². The van der Waals surface area contributed by atoms with Crippen molar-refractivity contribution in [3.05, 3.63) is 65.0 Å². The van der Waals surface area contributed by atoms with Crippen LogP contribution in [-0.2, 0) is 6.42 Å². The molecule has 2 heteroatoms. The lowest BCUT2D eigenvalue weighted by molar-refractivity contribution is 0.204. The van der Waals surface area contributed by atoms with E-state index in [2.05, 4.69) is 25.7 Å². The Balaban J connectivity index is 1.56. The van der Waals surface area contributed by atoms with Crippen molar-refractivity contribution in [3.63, 3.8) is 0 Å². The Kier molecular flexibility index (Phi) is 8.38.